The van der Waals surface area contributed by atoms with E-state index in [2.05, 4.69) is 10.6 Å². The van der Waals surface area contributed by atoms with Gasteiger partial charge in [0.2, 0.25) is 15.9 Å². The molecule has 2 N–H and O–H groups in total. The van der Waals surface area contributed by atoms with E-state index in [0.29, 0.717) is 48.8 Å². The Bertz CT molecular complexity index is 983. The minimum Gasteiger partial charge on any atom is -0.379 e. The normalized spacial score (nSPS) is 14.9. The summed E-state index contributed by atoms with van der Waals surface area (Å²) in [6.07, 6.45) is 0. The van der Waals surface area contributed by atoms with E-state index in [1.807, 2.05) is 0 Å². The number of nitrogens with one attached hydrogen (secondary N) is 2. The third-order valence-corrected chi connectivity index (χ3v) is 6.22. The van der Waals surface area contributed by atoms with Crippen LogP contribution in [-0.2, 0) is 25.3 Å². The monoisotopic (exact) mass is 417 g/mol. The highest BCUT2D eigenvalue weighted by atomic mass is 32.2. The zero-order valence-electron chi connectivity index (χ0n) is 16.1. The highest BCUT2D eigenvalue weighted by molar-refractivity contribution is 7.88. The van der Waals surface area contributed by atoms with Crippen LogP contribution in [0.2, 0.25) is 0 Å². The standard InChI is InChI=1S/C20H23N3O5S/c1-15(24)21-18-3-2-4-19(13-18)22-20(25)17-7-5-16(6-8-17)14-29(26,27)23-9-11-28-12-10-23/h2-8,13H,9-12,14H2,1H3,(H,21,24)(H,22,25). The second kappa shape index (κ2) is 9.17. The van der Waals surface area contributed by atoms with Crippen molar-refractivity contribution in [3.05, 3.63) is 59.7 Å². The van der Waals surface area contributed by atoms with Crippen molar-refractivity contribution in [2.45, 2.75) is 12.7 Å². The van der Waals surface area contributed by atoms with E-state index in [0.717, 1.165) is 0 Å². The zero-order valence-corrected chi connectivity index (χ0v) is 16.9. The molecule has 9 heteroatoms. The summed E-state index contributed by atoms with van der Waals surface area (Å²) in [5.74, 6) is -0.642. The van der Waals surface area contributed by atoms with Gasteiger partial charge in [-0.1, -0.05) is 18.2 Å². The molecular formula is C20H23N3O5S. The van der Waals surface area contributed by atoms with E-state index < -0.39 is 10.0 Å². The number of hydrogen-bond acceptors (Lipinski definition) is 5. The van der Waals surface area contributed by atoms with Gasteiger partial charge in [0.15, 0.2) is 0 Å². The molecule has 0 atom stereocenters. The summed E-state index contributed by atoms with van der Waals surface area (Å²) in [4.78, 5) is 23.6. The molecule has 1 saturated heterocycles. The SMILES string of the molecule is CC(=O)Nc1cccc(NC(=O)c2ccc(CS(=O)(=O)N3CCOCC3)cc2)c1. The summed E-state index contributed by atoms with van der Waals surface area (Å²) in [6.45, 7) is 2.94. The molecule has 2 aromatic rings. The smallest absolute Gasteiger partial charge is 0.255 e. The van der Waals surface area contributed by atoms with Gasteiger partial charge in [-0.05, 0) is 35.9 Å². The van der Waals surface area contributed by atoms with Gasteiger partial charge >= 0.3 is 0 Å². The largest absolute Gasteiger partial charge is 0.379 e. The zero-order chi connectivity index (χ0) is 20.9. The van der Waals surface area contributed by atoms with Crippen molar-refractivity contribution in [3.8, 4) is 0 Å². The van der Waals surface area contributed by atoms with E-state index in [-0.39, 0.29) is 17.6 Å². The number of morpholine rings is 1. The minimum absolute atomic E-state index is 0.117. The third kappa shape index (κ3) is 5.86. The molecule has 8 nitrogen and oxygen atoms in total. The predicted molar refractivity (Wildman–Crippen MR) is 110 cm³/mol. The lowest BCUT2D eigenvalue weighted by molar-refractivity contribution is -0.114. The molecule has 0 aliphatic carbocycles. The fourth-order valence-corrected chi connectivity index (χ4v) is 4.46. The van der Waals surface area contributed by atoms with Crippen LogP contribution in [0.1, 0.15) is 22.8 Å². The number of ether oxygens (including phenoxy) is 1. The predicted octanol–water partition coefficient (Wildman–Crippen LogP) is 2.06. The molecule has 3 rings (SSSR count). The van der Waals surface area contributed by atoms with Crippen LogP contribution >= 0.6 is 0 Å². The molecule has 29 heavy (non-hydrogen) atoms. The van der Waals surface area contributed by atoms with Crippen LogP contribution in [0.25, 0.3) is 0 Å². The van der Waals surface area contributed by atoms with Gasteiger partial charge in [-0.25, -0.2) is 8.42 Å². The number of benzene rings is 2. The first-order valence-corrected chi connectivity index (χ1v) is 10.8. The molecule has 1 fully saturated rings. The van der Waals surface area contributed by atoms with Crippen LogP contribution in [0.3, 0.4) is 0 Å². The second-order valence-electron chi connectivity index (χ2n) is 6.68. The first kappa shape index (κ1) is 21.0. The van der Waals surface area contributed by atoms with E-state index >= 15 is 0 Å². The van der Waals surface area contributed by atoms with Gasteiger partial charge in [0.05, 0.1) is 19.0 Å². The number of carbonyl (C=O) groups is 2. The maximum Gasteiger partial charge on any atom is 0.255 e. The summed E-state index contributed by atoms with van der Waals surface area (Å²) in [5.41, 5.74) is 2.14. The summed E-state index contributed by atoms with van der Waals surface area (Å²) >= 11 is 0. The van der Waals surface area contributed by atoms with Crippen molar-refractivity contribution >= 4 is 33.2 Å². The lowest BCUT2D eigenvalue weighted by Crippen LogP contribution is -2.41. The summed E-state index contributed by atoms with van der Waals surface area (Å²) in [7, 11) is -3.41. The maximum atomic E-state index is 12.5. The molecule has 1 aliphatic heterocycles. The van der Waals surface area contributed by atoms with Crippen LogP contribution in [0, 0.1) is 0 Å². The average Bonchev–Trinajstić information content (AvgIpc) is 2.69. The Kier molecular flexibility index (Phi) is 6.63. The minimum atomic E-state index is -3.41. The number of hydrogen-bond donors (Lipinski definition) is 2. The lowest BCUT2D eigenvalue weighted by atomic mass is 10.1. The molecule has 0 radical (unpaired) electrons. The average molecular weight is 417 g/mol. The highest BCUT2D eigenvalue weighted by Crippen LogP contribution is 2.17. The number of carbonyl (C=O) groups excluding carboxylic acids is 2. The maximum absolute atomic E-state index is 12.5. The first-order valence-electron chi connectivity index (χ1n) is 9.17. The molecule has 1 heterocycles. The Balaban J connectivity index is 1.63. The number of anilines is 2. The van der Waals surface area contributed by atoms with Crippen LogP contribution in [0.4, 0.5) is 11.4 Å². The molecule has 1 aliphatic rings. The van der Waals surface area contributed by atoms with Crippen molar-refractivity contribution in [3.63, 3.8) is 0 Å². The Labute approximate surface area is 169 Å². The topological polar surface area (TPSA) is 105 Å². The Morgan fingerprint density at radius 2 is 1.62 bits per heavy atom. The first-order chi connectivity index (χ1) is 13.8. The van der Waals surface area contributed by atoms with Crippen molar-refractivity contribution in [1.82, 2.24) is 4.31 Å². The Hall–Kier alpha value is -2.75. The molecule has 2 amide bonds. The van der Waals surface area contributed by atoms with Crippen molar-refractivity contribution in [2.24, 2.45) is 0 Å². The van der Waals surface area contributed by atoms with Crippen LogP contribution in [0.5, 0.6) is 0 Å². The van der Waals surface area contributed by atoms with Crippen molar-refractivity contribution < 1.29 is 22.7 Å². The van der Waals surface area contributed by atoms with Gasteiger partial charge < -0.3 is 15.4 Å². The Morgan fingerprint density at radius 1 is 1.00 bits per heavy atom. The van der Waals surface area contributed by atoms with Gasteiger partial charge in [-0.3, -0.25) is 9.59 Å². The fraction of sp³-hybridized carbons (Fsp3) is 0.300. The number of sulfonamides is 1. The van der Waals surface area contributed by atoms with E-state index in [4.69, 9.17) is 4.74 Å². The molecule has 0 bridgehead atoms. The molecule has 2 aromatic carbocycles. The number of rotatable bonds is 6. The van der Waals surface area contributed by atoms with E-state index in [1.165, 1.54) is 11.2 Å². The number of amides is 2. The van der Waals surface area contributed by atoms with Crippen molar-refractivity contribution in [1.29, 1.82) is 0 Å². The summed E-state index contributed by atoms with van der Waals surface area (Å²) in [6, 6.07) is 13.3. The highest BCUT2D eigenvalue weighted by Gasteiger charge is 2.24. The molecule has 0 unspecified atom stereocenters. The molecule has 0 saturated carbocycles. The van der Waals surface area contributed by atoms with Crippen molar-refractivity contribution in [2.75, 3.05) is 36.9 Å². The molecular weight excluding hydrogens is 394 g/mol. The molecule has 0 aromatic heterocycles. The van der Waals surface area contributed by atoms with Gasteiger partial charge in [-0.15, -0.1) is 0 Å². The fourth-order valence-electron chi connectivity index (χ4n) is 2.96. The molecule has 0 spiro atoms. The van der Waals surface area contributed by atoms with Crippen LogP contribution < -0.4 is 10.6 Å². The van der Waals surface area contributed by atoms with Crippen LogP contribution in [-0.4, -0.2) is 50.8 Å². The van der Waals surface area contributed by atoms with E-state index in [1.54, 1.807) is 48.5 Å². The third-order valence-electron chi connectivity index (χ3n) is 4.37. The molecule has 154 valence electrons. The van der Waals surface area contributed by atoms with Crippen LogP contribution in [0.15, 0.2) is 48.5 Å². The van der Waals surface area contributed by atoms with Gasteiger partial charge in [0.1, 0.15) is 0 Å². The Morgan fingerprint density at radius 3 is 2.24 bits per heavy atom. The van der Waals surface area contributed by atoms with Gasteiger partial charge in [0.25, 0.3) is 5.91 Å². The summed E-state index contributed by atoms with van der Waals surface area (Å²) in [5, 5.41) is 5.42. The second-order valence-corrected chi connectivity index (χ2v) is 8.65. The summed E-state index contributed by atoms with van der Waals surface area (Å²) < 4.78 is 31.6. The van der Waals surface area contributed by atoms with Gasteiger partial charge in [0, 0.05) is 37.0 Å². The van der Waals surface area contributed by atoms with Gasteiger partial charge in [-0.2, -0.15) is 4.31 Å². The lowest BCUT2D eigenvalue weighted by Gasteiger charge is -2.26. The number of nitrogens with zero attached hydrogens (tertiary/aromatic N) is 1. The quantitative estimate of drug-likeness (QED) is 0.749. The van der Waals surface area contributed by atoms with E-state index in [9.17, 15) is 18.0 Å².